The Hall–Kier alpha value is -1.08. The summed E-state index contributed by atoms with van der Waals surface area (Å²) in [6, 6.07) is 0. The van der Waals surface area contributed by atoms with Crippen molar-refractivity contribution in [3.63, 3.8) is 0 Å². The predicted octanol–water partition coefficient (Wildman–Crippen LogP) is 19.0. The minimum absolute atomic E-state index is 0.435. The molecule has 1 nitrogen and oxygen atoms in total. The number of fused-ring (bicyclic) bond motifs is 2. The summed E-state index contributed by atoms with van der Waals surface area (Å²) in [5, 5.41) is 10.1. The molecule has 0 aliphatic heterocycles. The van der Waals surface area contributed by atoms with Crippen LogP contribution in [0.3, 0.4) is 0 Å². The van der Waals surface area contributed by atoms with E-state index in [1.807, 2.05) is 13.8 Å². The van der Waals surface area contributed by atoms with Gasteiger partial charge in [-0.3, -0.25) is 0 Å². The van der Waals surface area contributed by atoms with Crippen LogP contribution in [0.25, 0.3) is 0 Å². The molecule has 8 atom stereocenters. The molecule has 0 aromatic carbocycles. The molecule has 0 aromatic heterocycles. The summed E-state index contributed by atoms with van der Waals surface area (Å²) >= 11 is 0. The lowest BCUT2D eigenvalue weighted by Crippen LogP contribution is -2.36. The number of hydrogen-bond acceptors (Lipinski definition) is 1. The van der Waals surface area contributed by atoms with Gasteiger partial charge < -0.3 is 5.11 Å². The van der Waals surface area contributed by atoms with Crippen LogP contribution in [-0.2, 0) is 0 Å². The third-order valence-electron chi connectivity index (χ3n) is 18.3. The van der Waals surface area contributed by atoms with Gasteiger partial charge in [-0.05, 0) is 203 Å². The van der Waals surface area contributed by atoms with Gasteiger partial charge >= 0.3 is 0 Å². The second kappa shape index (κ2) is 19.6. The van der Waals surface area contributed by atoms with Crippen LogP contribution >= 0.6 is 0 Å². The molecular weight excluding hydrogens is 749 g/mol. The molecule has 6 rings (SSSR count). The van der Waals surface area contributed by atoms with E-state index in [1.165, 1.54) is 128 Å². The summed E-state index contributed by atoms with van der Waals surface area (Å²) in [4.78, 5) is 0. The van der Waals surface area contributed by atoms with Gasteiger partial charge in [0.1, 0.15) is 0 Å². The van der Waals surface area contributed by atoms with Gasteiger partial charge in [-0.1, -0.05) is 176 Å². The Morgan fingerprint density at radius 3 is 1.23 bits per heavy atom. The summed E-state index contributed by atoms with van der Waals surface area (Å²) < 4.78 is 0. The van der Waals surface area contributed by atoms with Gasteiger partial charge in [0.15, 0.2) is 0 Å². The molecule has 62 heavy (non-hydrogen) atoms. The van der Waals surface area contributed by atoms with Crippen LogP contribution in [0.5, 0.6) is 0 Å². The second-order valence-electron chi connectivity index (χ2n) is 29.2. The average molecular weight is 856 g/mol. The third-order valence-corrected chi connectivity index (χ3v) is 18.3. The van der Waals surface area contributed by atoms with Crippen molar-refractivity contribution in [2.45, 2.75) is 265 Å². The molecule has 0 bridgehead atoms. The molecule has 1 heteroatoms. The van der Waals surface area contributed by atoms with Gasteiger partial charge in [0.25, 0.3) is 0 Å². The maximum atomic E-state index is 10.1. The standard InChI is InChI=1S/C31H54.C30H52O/c1-23(12-10-18-28(2,3)4)26-16-17-27-25(13-11-19-31(26,27)9)15-14-24-20-29(5,6)22-30(7,8)21-24;1-22(11-9-17-29(6,7)31)25-15-16-26-24(12-10-18-30(25,26)8)14-13-23-19-27(2,3)21-28(4,5)20-23/h14-15,23,26-27H,10-13,16-22H2,1-9H3;13-14,22,25-26,31H,9-12,15-21H2,1-8H3/b25-15+;24-14+/t23-,26-,27+,31-;22-,25-,26+,30-/m11/s1. The Balaban J connectivity index is 0.000000234. The van der Waals surface area contributed by atoms with E-state index in [9.17, 15) is 5.11 Å². The topological polar surface area (TPSA) is 20.2 Å². The molecule has 6 saturated carbocycles. The molecular formula is C61H106O. The van der Waals surface area contributed by atoms with Crippen molar-refractivity contribution in [3.05, 3.63) is 46.6 Å². The molecule has 0 saturated heterocycles. The van der Waals surface area contributed by atoms with Gasteiger partial charge in [-0.15, -0.1) is 0 Å². The van der Waals surface area contributed by atoms with Gasteiger partial charge in [0, 0.05) is 0 Å². The molecule has 0 unspecified atom stereocenters. The molecule has 0 aromatic rings. The number of rotatable bonds is 11. The highest BCUT2D eigenvalue weighted by Gasteiger charge is 2.52. The smallest absolute Gasteiger partial charge is 0.0591 e. The van der Waals surface area contributed by atoms with Crippen molar-refractivity contribution >= 4 is 0 Å². The van der Waals surface area contributed by atoms with Crippen LogP contribution in [0, 0.1) is 73.4 Å². The van der Waals surface area contributed by atoms with E-state index in [0.717, 1.165) is 48.3 Å². The van der Waals surface area contributed by atoms with Crippen molar-refractivity contribution in [1.29, 1.82) is 0 Å². The minimum Gasteiger partial charge on any atom is -0.390 e. The maximum Gasteiger partial charge on any atom is 0.0591 e. The van der Waals surface area contributed by atoms with Gasteiger partial charge in [0.05, 0.1) is 5.60 Å². The normalized spacial score (nSPS) is 35.1. The summed E-state index contributed by atoms with van der Waals surface area (Å²) in [7, 11) is 0. The van der Waals surface area contributed by atoms with Gasteiger partial charge in [-0.25, -0.2) is 0 Å². The Morgan fingerprint density at radius 1 is 0.532 bits per heavy atom. The van der Waals surface area contributed by atoms with Crippen molar-refractivity contribution in [2.75, 3.05) is 0 Å². The lowest BCUT2D eigenvalue weighted by atomic mass is 9.60. The Labute approximate surface area is 388 Å². The lowest BCUT2D eigenvalue weighted by molar-refractivity contribution is 0.0596. The van der Waals surface area contributed by atoms with Crippen LogP contribution in [0.15, 0.2) is 46.6 Å². The van der Waals surface area contributed by atoms with E-state index in [0.29, 0.717) is 37.9 Å². The second-order valence-corrected chi connectivity index (χ2v) is 29.2. The summed E-state index contributed by atoms with van der Waals surface area (Å²) in [6.07, 6.45) is 39.7. The highest BCUT2D eigenvalue weighted by atomic mass is 16.3. The molecule has 0 spiro atoms. The van der Waals surface area contributed by atoms with Crippen molar-refractivity contribution in [1.82, 2.24) is 0 Å². The monoisotopic (exact) mass is 855 g/mol. The molecule has 0 heterocycles. The lowest BCUT2D eigenvalue weighted by Gasteiger charge is -2.44. The summed E-state index contributed by atoms with van der Waals surface area (Å²) in [6.45, 7) is 41.1. The van der Waals surface area contributed by atoms with Crippen molar-refractivity contribution in [2.24, 2.45) is 73.4 Å². The predicted molar refractivity (Wildman–Crippen MR) is 273 cm³/mol. The highest BCUT2D eigenvalue weighted by Crippen LogP contribution is 2.61. The first kappa shape index (κ1) is 51.9. The maximum absolute atomic E-state index is 10.1. The fourth-order valence-corrected chi connectivity index (χ4v) is 16.8. The quantitative estimate of drug-likeness (QED) is 0.220. The fourth-order valence-electron chi connectivity index (χ4n) is 16.8. The summed E-state index contributed by atoms with van der Waals surface area (Å²) in [5.74, 6) is 5.08. The van der Waals surface area contributed by atoms with E-state index in [4.69, 9.17) is 0 Å². The van der Waals surface area contributed by atoms with Crippen molar-refractivity contribution < 1.29 is 5.11 Å². The van der Waals surface area contributed by atoms with E-state index >= 15 is 0 Å². The number of aliphatic hydroxyl groups is 1. The zero-order valence-corrected chi connectivity index (χ0v) is 44.8. The third kappa shape index (κ3) is 14.0. The van der Waals surface area contributed by atoms with Crippen LogP contribution < -0.4 is 0 Å². The van der Waals surface area contributed by atoms with Crippen LogP contribution in [0.2, 0.25) is 0 Å². The van der Waals surface area contributed by atoms with Crippen LogP contribution in [-0.4, -0.2) is 10.7 Å². The fraction of sp³-hybridized carbons (Fsp3) is 0.869. The Kier molecular flexibility index (Phi) is 16.4. The SMILES string of the molecule is C[C@H](CCCC(C)(C)C)[C@H]1CC[C@H]2/C(=C/C=C3CC(C)(C)CC(C)(C)C3)CCC[C@]12C.C[C@H](CCCC(C)(C)O)[C@H]1CC[C@H]2/C(=C/C=C3CC(C)(C)CC(C)(C)C3)CCC[C@]12C. The zero-order chi connectivity index (χ0) is 46.2. The molecule has 0 amide bonds. The molecule has 6 aliphatic carbocycles. The van der Waals surface area contributed by atoms with Gasteiger partial charge in [0.2, 0.25) is 0 Å². The summed E-state index contributed by atoms with van der Waals surface area (Å²) in [5.41, 5.74) is 9.71. The first-order valence-electron chi connectivity index (χ1n) is 26.9. The van der Waals surface area contributed by atoms with E-state index < -0.39 is 5.60 Å². The molecule has 6 fully saturated rings. The van der Waals surface area contributed by atoms with Crippen LogP contribution in [0.1, 0.15) is 259 Å². The first-order valence-corrected chi connectivity index (χ1v) is 26.9. The van der Waals surface area contributed by atoms with Gasteiger partial charge in [-0.2, -0.15) is 0 Å². The van der Waals surface area contributed by atoms with E-state index in [-0.39, 0.29) is 0 Å². The largest absolute Gasteiger partial charge is 0.390 e. The van der Waals surface area contributed by atoms with Crippen molar-refractivity contribution in [3.8, 4) is 0 Å². The highest BCUT2D eigenvalue weighted by molar-refractivity contribution is 5.28. The Bertz CT molecular complexity index is 1450. The molecule has 1 N–H and O–H groups in total. The molecule has 356 valence electrons. The minimum atomic E-state index is -0.516. The molecule has 6 aliphatic rings. The van der Waals surface area contributed by atoms with E-state index in [2.05, 4.69) is 128 Å². The average Bonchev–Trinajstić information content (AvgIpc) is 3.63. The van der Waals surface area contributed by atoms with Crippen LogP contribution in [0.4, 0.5) is 0 Å². The first-order chi connectivity index (χ1) is 28.4. The molecule has 0 radical (unpaired) electrons. The zero-order valence-electron chi connectivity index (χ0n) is 44.8. The number of allylic oxidation sites excluding steroid dienone is 8. The van der Waals surface area contributed by atoms with E-state index in [1.54, 1.807) is 22.3 Å². The number of hydrogen-bond donors (Lipinski definition) is 1. The Morgan fingerprint density at radius 2 is 0.887 bits per heavy atom.